The van der Waals surface area contributed by atoms with Gasteiger partial charge in [-0.15, -0.1) is 0 Å². The molecule has 0 saturated heterocycles. The van der Waals surface area contributed by atoms with Crippen LogP contribution < -0.4 is 0 Å². The molecule has 0 aromatic heterocycles. The minimum Gasteiger partial charge on any atom is -0.388 e. The molecule has 6 heteroatoms. The first-order chi connectivity index (χ1) is 3.42. The maximum absolute atomic E-state index is 11.3. The van der Waals surface area contributed by atoms with Crippen LogP contribution in [0.2, 0.25) is 13.1 Å². The third-order valence-electron chi connectivity index (χ3n) is 0.369. The molecule has 0 saturated carbocycles. The first kappa shape index (κ1) is 8.18. The Morgan fingerprint density at radius 1 is 1.25 bits per heavy atom. The van der Waals surface area contributed by atoms with Crippen LogP contribution in [0.1, 0.15) is 0 Å². The number of hydrogen-bond donors (Lipinski definition) is 0. The van der Waals surface area contributed by atoms with Crippen molar-refractivity contribution in [1.82, 2.24) is 0 Å². The SMILES string of the molecule is C[SiH](C)O[Si](F)(F)F. The molecular formula is C2H7F3OSi2. The van der Waals surface area contributed by atoms with Crippen LogP contribution in [0.15, 0.2) is 0 Å². The summed E-state index contributed by atoms with van der Waals surface area (Å²) in [5.41, 5.74) is 0. The van der Waals surface area contributed by atoms with Gasteiger partial charge < -0.3 is 4.12 Å². The Hall–Kier alpha value is 0.184. The van der Waals surface area contributed by atoms with Gasteiger partial charge in [-0.25, -0.2) is 12.3 Å². The van der Waals surface area contributed by atoms with Gasteiger partial charge in [-0.2, -0.15) is 0 Å². The van der Waals surface area contributed by atoms with Crippen molar-refractivity contribution in [3.63, 3.8) is 0 Å². The number of rotatable bonds is 2. The molecule has 0 fully saturated rings. The molecule has 0 aromatic rings. The van der Waals surface area contributed by atoms with E-state index in [4.69, 9.17) is 0 Å². The van der Waals surface area contributed by atoms with Gasteiger partial charge in [0.25, 0.3) is 0 Å². The first-order valence-electron chi connectivity index (χ1n) is 2.16. The fourth-order valence-electron chi connectivity index (χ4n) is 0.267. The van der Waals surface area contributed by atoms with Gasteiger partial charge in [0.2, 0.25) is 0 Å². The zero-order valence-electron chi connectivity index (χ0n) is 4.62. The Morgan fingerprint density at radius 2 is 1.62 bits per heavy atom. The van der Waals surface area contributed by atoms with Crippen LogP contribution in [0.3, 0.4) is 0 Å². The van der Waals surface area contributed by atoms with Crippen molar-refractivity contribution in [3.05, 3.63) is 0 Å². The average Bonchev–Trinajstić information content (AvgIpc) is 1.21. The molecule has 0 spiro atoms. The van der Waals surface area contributed by atoms with Gasteiger partial charge in [0.05, 0.1) is 0 Å². The minimum atomic E-state index is -5.66. The van der Waals surface area contributed by atoms with Crippen molar-refractivity contribution in [2.45, 2.75) is 13.1 Å². The summed E-state index contributed by atoms with van der Waals surface area (Å²) in [5, 5.41) is 0. The van der Waals surface area contributed by atoms with E-state index in [2.05, 4.69) is 4.12 Å². The maximum atomic E-state index is 11.3. The Kier molecular flexibility index (Phi) is 2.71. The molecule has 0 unspecified atom stereocenters. The summed E-state index contributed by atoms with van der Waals surface area (Å²) < 4.78 is 37.5. The Morgan fingerprint density at radius 3 is 1.62 bits per heavy atom. The van der Waals surface area contributed by atoms with Crippen LogP contribution in [0.25, 0.3) is 0 Å². The third kappa shape index (κ3) is 6.18. The molecule has 0 atom stereocenters. The standard InChI is InChI=1S/C2H7F3OSi2/c1-7(2)6-8(3,4)5/h7H,1-2H3. The van der Waals surface area contributed by atoms with Crippen LogP contribution in [0.4, 0.5) is 12.3 Å². The summed E-state index contributed by atoms with van der Waals surface area (Å²) in [5.74, 6) is 0. The molecule has 0 radical (unpaired) electrons. The van der Waals surface area contributed by atoms with Gasteiger partial charge in [0.1, 0.15) is 0 Å². The predicted octanol–water partition coefficient (Wildman–Crippen LogP) is 1.33. The normalized spacial score (nSPS) is 12.8. The zero-order valence-corrected chi connectivity index (χ0v) is 6.77. The van der Waals surface area contributed by atoms with E-state index in [1.54, 1.807) is 0 Å². The van der Waals surface area contributed by atoms with Crippen molar-refractivity contribution in [1.29, 1.82) is 0 Å². The van der Waals surface area contributed by atoms with Crippen LogP contribution in [-0.2, 0) is 4.12 Å². The highest BCUT2D eigenvalue weighted by Gasteiger charge is 2.41. The molecule has 0 aliphatic rings. The summed E-state index contributed by atoms with van der Waals surface area (Å²) in [6.45, 7) is 3.00. The monoisotopic (exact) mass is 160 g/mol. The van der Waals surface area contributed by atoms with Crippen LogP contribution in [0, 0.1) is 0 Å². The first-order valence-corrected chi connectivity index (χ1v) is 6.48. The molecule has 0 aliphatic heterocycles. The van der Waals surface area contributed by atoms with Gasteiger partial charge in [-0.3, -0.25) is 0 Å². The summed E-state index contributed by atoms with van der Waals surface area (Å²) in [6.07, 6.45) is 0. The smallest absolute Gasteiger partial charge is 0.388 e. The van der Waals surface area contributed by atoms with E-state index >= 15 is 0 Å². The van der Waals surface area contributed by atoms with Crippen LogP contribution in [0.5, 0.6) is 0 Å². The lowest BCUT2D eigenvalue weighted by molar-refractivity contribution is 0.301. The maximum Gasteiger partial charge on any atom is 0.791 e. The summed E-state index contributed by atoms with van der Waals surface area (Å²) in [7, 11) is -7.52. The highest BCUT2D eigenvalue weighted by Crippen LogP contribution is 2.10. The Bertz CT molecular complexity index is 70.2. The lowest BCUT2D eigenvalue weighted by Gasteiger charge is -2.04. The number of halogens is 3. The van der Waals surface area contributed by atoms with Gasteiger partial charge in [-0.05, 0) is 13.1 Å². The molecule has 0 bridgehead atoms. The van der Waals surface area contributed by atoms with Crippen LogP contribution >= 0.6 is 0 Å². The Balaban J connectivity index is 3.39. The zero-order chi connectivity index (χ0) is 6.78. The predicted molar refractivity (Wildman–Crippen MR) is 29.0 cm³/mol. The molecule has 50 valence electrons. The molecule has 0 rings (SSSR count). The highest BCUT2D eigenvalue weighted by molar-refractivity contribution is 6.64. The quantitative estimate of drug-likeness (QED) is 0.437. The molecule has 0 N–H and O–H groups in total. The van der Waals surface area contributed by atoms with Gasteiger partial charge in [0, 0.05) is 0 Å². The van der Waals surface area contributed by atoms with E-state index in [9.17, 15) is 12.3 Å². The lowest BCUT2D eigenvalue weighted by atomic mass is 11.9. The molecule has 0 aromatic carbocycles. The van der Waals surface area contributed by atoms with E-state index in [0.29, 0.717) is 0 Å². The van der Waals surface area contributed by atoms with E-state index in [0.717, 1.165) is 0 Å². The summed E-state index contributed by atoms with van der Waals surface area (Å²) >= 11 is 0. The summed E-state index contributed by atoms with van der Waals surface area (Å²) in [4.78, 5) is 0. The molecular weight excluding hydrogens is 153 g/mol. The van der Waals surface area contributed by atoms with Crippen molar-refractivity contribution in [3.8, 4) is 0 Å². The summed E-state index contributed by atoms with van der Waals surface area (Å²) in [6, 6.07) is 0. The van der Waals surface area contributed by atoms with Gasteiger partial charge in [-0.1, -0.05) is 0 Å². The van der Waals surface area contributed by atoms with Crippen molar-refractivity contribution >= 4 is 18.4 Å². The second-order valence-corrected chi connectivity index (χ2v) is 5.54. The van der Waals surface area contributed by atoms with Crippen molar-refractivity contribution in [2.75, 3.05) is 0 Å². The molecule has 0 aliphatic carbocycles. The minimum absolute atomic E-state index is 1.50. The topological polar surface area (TPSA) is 9.23 Å². The molecule has 0 heterocycles. The van der Waals surface area contributed by atoms with Gasteiger partial charge in [0.15, 0.2) is 9.04 Å². The fraction of sp³-hybridized carbons (Fsp3) is 1.00. The lowest BCUT2D eigenvalue weighted by Crippen LogP contribution is -2.27. The van der Waals surface area contributed by atoms with Crippen LogP contribution in [-0.4, -0.2) is 18.4 Å². The van der Waals surface area contributed by atoms with Crippen molar-refractivity contribution in [2.24, 2.45) is 0 Å². The molecule has 1 nitrogen and oxygen atoms in total. The molecule has 0 amide bonds. The third-order valence-corrected chi connectivity index (χ3v) is 3.32. The second kappa shape index (κ2) is 2.65. The highest BCUT2D eigenvalue weighted by atomic mass is 28.5. The van der Waals surface area contributed by atoms with Crippen molar-refractivity contribution < 1.29 is 16.4 Å². The van der Waals surface area contributed by atoms with E-state index in [1.807, 2.05) is 0 Å². The Labute approximate surface area is 48.8 Å². The van der Waals surface area contributed by atoms with E-state index in [-0.39, 0.29) is 0 Å². The largest absolute Gasteiger partial charge is 0.791 e. The fourth-order valence-corrected chi connectivity index (χ4v) is 2.41. The van der Waals surface area contributed by atoms with E-state index in [1.165, 1.54) is 13.1 Å². The molecule has 8 heavy (non-hydrogen) atoms. The van der Waals surface area contributed by atoms with Gasteiger partial charge >= 0.3 is 9.32 Å². The number of hydrogen-bond acceptors (Lipinski definition) is 1. The van der Waals surface area contributed by atoms with E-state index < -0.39 is 18.4 Å². The average molecular weight is 160 g/mol. The second-order valence-electron chi connectivity index (χ2n) is 1.61.